The molecule has 0 aliphatic rings. The standard InChI is InChI=1S/C20H23F3/c1-19(2,3)13-7-12(8-14(21)9-13)15-10-16(20(4,5)6)18(23)11-17(15)22/h7-11H,1-6H3. The summed E-state index contributed by atoms with van der Waals surface area (Å²) in [6, 6.07) is 6.89. The average molecular weight is 320 g/mol. The molecule has 23 heavy (non-hydrogen) atoms. The Balaban J connectivity index is 2.70. The molecule has 0 bridgehead atoms. The van der Waals surface area contributed by atoms with Crippen molar-refractivity contribution >= 4 is 0 Å². The van der Waals surface area contributed by atoms with Crippen LogP contribution in [0.5, 0.6) is 0 Å². The predicted molar refractivity (Wildman–Crippen MR) is 89.2 cm³/mol. The Morgan fingerprint density at radius 3 is 1.78 bits per heavy atom. The lowest BCUT2D eigenvalue weighted by Crippen LogP contribution is -2.14. The van der Waals surface area contributed by atoms with Crippen LogP contribution >= 0.6 is 0 Å². The van der Waals surface area contributed by atoms with Gasteiger partial charge in [0.05, 0.1) is 0 Å². The largest absolute Gasteiger partial charge is 0.207 e. The Labute approximate surface area is 136 Å². The van der Waals surface area contributed by atoms with Crippen LogP contribution in [0.1, 0.15) is 52.7 Å². The van der Waals surface area contributed by atoms with E-state index in [1.807, 2.05) is 41.5 Å². The SMILES string of the molecule is CC(C)(C)c1cc(F)cc(-c2cc(C(C)(C)C)c(F)cc2F)c1. The first-order valence-corrected chi connectivity index (χ1v) is 7.70. The smallest absolute Gasteiger partial charge is 0.133 e. The van der Waals surface area contributed by atoms with Gasteiger partial charge in [0.2, 0.25) is 0 Å². The van der Waals surface area contributed by atoms with Crippen LogP contribution in [0.3, 0.4) is 0 Å². The van der Waals surface area contributed by atoms with E-state index in [2.05, 4.69) is 0 Å². The Kier molecular flexibility index (Phi) is 4.36. The summed E-state index contributed by atoms with van der Waals surface area (Å²) < 4.78 is 42.4. The summed E-state index contributed by atoms with van der Waals surface area (Å²) in [4.78, 5) is 0. The molecule has 0 spiro atoms. The highest BCUT2D eigenvalue weighted by Crippen LogP contribution is 2.34. The van der Waals surface area contributed by atoms with E-state index in [0.717, 1.165) is 11.6 Å². The Hall–Kier alpha value is -1.77. The normalized spacial score (nSPS) is 12.6. The predicted octanol–water partition coefficient (Wildman–Crippen LogP) is 6.37. The van der Waals surface area contributed by atoms with Crippen molar-refractivity contribution in [2.24, 2.45) is 0 Å². The van der Waals surface area contributed by atoms with Crippen LogP contribution in [-0.2, 0) is 10.8 Å². The number of hydrogen-bond acceptors (Lipinski definition) is 0. The minimum absolute atomic E-state index is 0.223. The Morgan fingerprint density at radius 2 is 1.26 bits per heavy atom. The van der Waals surface area contributed by atoms with E-state index in [-0.39, 0.29) is 11.0 Å². The molecule has 0 saturated carbocycles. The molecule has 0 nitrogen and oxygen atoms in total. The highest BCUT2D eigenvalue weighted by atomic mass is 19.1. The maximum Gasteiger partial charge on any atom is 0.133 e. The molecule has 0 atom stereocenters. The molecule has 0 aliphatic carbocycles. The maximum atomic E-state index is 14.3. The molecule has 3 heteroatoms. The molecular formula is C20H23F3. The molecule has 0 amide bonds. The molecule has 2 aromatic rings. The molecule has 0 N–H and O–H groups in total. The van der Waals surface area contributed by atoms with Crippen molar-refractivity contribution in [3.63, 3.8) is 0 Å². The van der Waals surface area contributed by atoms with Crippen LogP contribution in [0.25, 0.3) is 11.1 Å². The second-order valence-corrected chi connectivity index (χ2v) is 8.04. The van der Waals surface area contributed by atoms with Crippen LogP contribution in [0.15, 0.2) is 30.3 Å². The maximum absolute atomic E-state index is 14.3. The van der Waals surface area contributed by atoms with Crippen molar-refractivity contribution in [2.75, 3.05) is 0 Å². The van der Waals surface area contributed by atoms with E-state index in [1.54, 1.807) is 6.07 Å². The van der Waals surface area contributed by atoms with Crippen LogP contribution in [0.2, 0.25) is 0 Å². The van der Waals surface area contributed by atoms with E-state index in [4.69, 9.17) is 0 Å². The van der Waals surface area contributed by atoms with E-state index >= 15 is 0 Å². The van der Waals surface area contributed by atoms with Gasteiger partial charge in [0.25, 0.3) is 0 Å². The lowest BCUT2D eigenvalue weighted by atomic mass is 9.83. The summed E-state index contributed by atoms with van der Waals surface area (Å²) >= 11 is 0. The van der Waals surface area contributed by atoms with Crippen molar-refractivity contribution in [1.82, 2.24) is 0 Å². The first-order chi connectivity index (χ1) is 10.4. The first-order valence-electron chi connectivity index (χ1n) is 7.70. The third-order valence-electron chi connectivity index (χ3n) is 3.94. The Bertz CT molecular complexity index is 732. The summed E-state index contributed by atoms with van der Waals surface area (Å²) in [7, 11) is 0. The zero-order chi connectivity index (χ0) is 17.6. The number of halogens is 3. The minimum atomic E-state index is -0.680. The van der Waals surface area contributed by atoms with E-state index in [9.17, 15) is 13.2 Å². The second kappa shape index (κ2) is 5.70. The van der Waals surface area contributed by atoms with E-state index in [1.165, 1.54) is 18.2 Å². The second-order valence-electron chi connectivity index (χ2n) is 8.04. The van der Waals surface area contributed by atoms with Gasteiger partial charge < -0.3 is 0 Å². The third kappa shape index (κ3) is 3.77. The molecule has 2 rings (SSSR count). The highest BCUT2D eigenvalue weighted by molar-refractivity contribution is 5.67. The molecule has 0 fully saturated rings. The van der Waals surface area contributed by atoms with Gasteiger partial charge in [0, 0.05) is 11.6 Å². The van der Waals surface area contributed by atoms with Gasteiger partial charge in [-0.3, -0.25) is 0 Å². The van der Waals surface area contributed by atoms with E-state index < -0.39 is 22.9 Å². The summed E-state index contributed by atoms with van der Waals surface area (Å²) in [6.45, 7) is 11.5. The summed E-state index contributed by atoms with van der Waals surface area (Å²) in [5, 5.41) is 0. The van der Waals surface area contributed by atoms with Gasteiger partial charge in [-0.2, -0.15) is 0 Å². The van der Waals surface area contributed by atoms with Crippen molar-refractivity contribution < 1.29 is 13.2 Å². The lowest BCUT2D eigenvalue weighted by Gasteiger charge is -2.23. The van der Waals surface area contributed by atoms with Gasteiger partial charge in [0.15, 0.2) is 0 Å². The third-order valence-corrected chi connectivity index (χ3v) is 3.94. The van der Waals surface area contributed by atoms with Crippen molar-refractivity contribution in [1.29, 1.82) is 0 Å². The number of hydrogen-bond donors (Lipinski definition) is 0. The minimum Gasteiger partial charge on any atom is -0.207 e. The van der Waals surface area contributed by atoms with Gasteiger partial charge >= 0.3 is 0 Å². The molecule has 0 heterocycles. The zero-order valence-corrected chi connectivity index (χ0v) is 14.5. The average Bonchev–Trinajstić information content (AvgIpc) is 2.35. The zero-order valence-electron chi connectivity index (χ0n) is 14.5. The quantitative estimate of drug-likeness (QED) is 0.573. The van der Waals surface area contributed by atoms with Crippen molar-refractivity contribution in [3.05, 3.63) is 58.9 Å². The number of rotatable bonds is 1. The van der Waals surface area contributed by atoms with Gasteiger partial charge in [-0.25, -0.2) is 13.2 Å². The highest BCUT2D eigenvalue weighted by Gasteiger charge is 2.23. The molecular weight excluding hydrogens is 297 g/mol. The molecule has 2 aromatic carbocycles. The molecule has 124 valence electrons. The fourth-order valence-electron chi connectivity index (χ4n) is 2.52. The van der Waals surface area contributed by atoms with Gasteiger partial charge in [-0.15, -0.1) is 0 Å². The fraction of sp³-hybridized carbons (Fsp3) is 0.400. The van der Waals surface area contributed by atoms with E-state index in [0.29, 0.717) is 11.1 Å². The summed E-state index contributed by atoms with van der Waals surface area (Å²) in [5.74, 6) is -1.68. The monoisotopic (exact) mass is 320 g/mol. The molecule has 0 saturated heterocycles. The summed E-state index contributed by atoms with van der Waals surface area (Å²) in [5.41, 5.74) is 1.11. The van der Waals surface area contributed by atoms with Gasteiger partial charge in [0.1, 0.15) is 17.5 Å². The summed E-state index contributed by atoms with van der Waals surface area (Å²) in [6.07, 6.45) is 0. The van der Waals surface area contributed by atoms with Crippen molar-refractivity contribution in [2.45, 2.75) is 52.4 Å². The molecule has 0 aliphatic heterocycles. The topological polar surface area (TPSA) is 0 Å². The Morgan fingerprint density at radius 1 is 0.652 bits per heavy atom. The van der Waals surface area contributed by atoms with Gasteiger partial charge in [-0.05, 0) is 45.7 Å². The van der Waals surface area contributed by atoms with Crippen LogP contribution in [0.4, 0.5) is 13.2 Å². The van der Waals surface area contributed by atoms with Crippen LogP contribution in [0, 0.1) is 17.5 Å². The molecule has 0 radical (unpaired) electrons. The number of benzene rings is 2. The van der Waals surface area contributed by atoms with Crippen LogP contribution < -0.4 is 0 Å². The molecule has 0 aromatic heterocycles. The molecule has 0 unspecified atom stereocenters. The van der Waals surface area contributed by atoms with Gasteiger partial charge in [-0.1, -0.05) is 47.6 Å². The van der Waals surface area contributed by atoms with Crippen molar-refractivity contribution in [3.8, 4) is 11.1 Å². The van der Waals surface area contributed by atoms with Crippen LogP contribution in [-0.4, -0.2) is 0 Å². The fourth-order valence-corrected chi connectivity index (χ4v) is 2.52. The first kappa shape index (κ1) is 17.6. The lowest BCUT2D eigenvalue weighted by molar-refractivity contribution is 0.512.